The number of ether oxygens (including phenoxy) is 2. The van der Waals surface area contributed by atoms with Gasteiger partial charge in [-0.1, -0.05) is 0 Å². The van der Waals surface area contributed by atoms with Crippen molar-refractivity contribution in [3.63, 3.8) is 0 Å². The highest BCUT2D eigenvalue weighted by Crippen LogP contribution is 2.23. The van der Waals surface area contributed by atoms with E-state index in [0.29, 0.717) is 29.7 Å². The summed E-state index contributed by atoms with van der Waals surface area (Å²) in [6.07, 6.45) is -0.0379. The van der Waals surface area contributed by atoms with Gasteiger partial charge in [0.05, 0.1) is 29.8 Å². The van der Waals surface area contributed by atoms with Gasteiger partial charge in [0.2, 0.25) is 10.0 Å². The maximum atomic E-state index is 12.7. The first-order chi connectivity index (χ1) is 11.3. The van der Waals surface area contributed by atoms with E-state index in [1.165, 1.54) is 19.2 Å². The minimum Gasteiger partial charge on any atom is -0.383 e. The minimum absolute atomic E-state index is 0.0379. The van der Waals surface area contributed by atoms with Crippen LogP contribution in [0.1, 0.15) is 17.3 Å². The van der Waals surface area contributed by atoms with Gasteiger partial charge in [0, 0.05) is 31.2 Å². The molecule has 1 saturated heterocycles. The highest BCUT2D eigenvalue weighted by molar-refractivity contribution is 9.10. The molecule has 1 heterocycles. The molecule has 0 radical (unpaired) electrons. The summed E-state index contributed by atoms with van der Waals surface area (Å²) in [5.74, 6) is -0.217. The summed E-state index contributed by atoms with van der Waals surface area (Å²) in [4.78, 5) is 14.4. The summed E-state index contributed by atoms with van der Waals surface area (Å²) < 4.78 is 37.9. The number of hydrogen-bond donors (Lipinski definition) is 1. The number of rotatable bonds is 6. The van der Waals surface area contributed by atoms with Crippen LogP contribution in [0.3, 0.4) is 0 Å². The van der Waals surface area contributed by atoms with Crippen molar-refractivity contribution in [1.29, 1.82) is 0 Å². The molecule has 1 unspecified atom stereocenters. The summed E-state index contributed by atoms with van der Waals surface area (Å²) in [5.41, 5.74) is 0.318. The van der Waals surface area contributed by atoms with Crippen LogP contribution in [0, 0.1) is 0 Å². The Balaban J connectivity index is 2.23. The number of benzene rings is 1. The zero-order chi connectivity index (χ0) is 17.7. The van der Waals surface area contributed by atoms with Gasteiger partial charge in [-0.3, -0.25) is 4.79 Å². The summed E-state index contributed by atoms with van der Waals surface area (Å²) in [6, 6.07) is 4.42. The Kier molecular flexibility index (Phi) is 6.76. The number of nitrogens with zero attached hydrogens (tertiary/aromatic N) is 1. The van der Waals surface area contributed by atoms with Crippen molar-refractivity contribution in [2.75, 3.05) is 40.0 Å². The summed E-state index contributed by atoms with van der Waals surface area (Å²) in [6.45, 7) is 3.77. The Hall–Kier alpha value is -1.00. The highest BCUT2D eigenvalue weighted by atomic mass is 79.9. The predicted octanol–water partition coefficient (Wildman–Crippen LogP) is 1.23. The lowest BCUT2D eigenvalue weighted by Gasteiger charge is -2.31. The SMILES string of the molecule is COCCNS(=O)(=O)c1ccc(Br)c(C(=O)N2CCOC(C)C2)c1. The van der Waals surface area contributed by atoms with Crippen LogP contribution in [0.5, 0.6) is 0 Å². The van der Waals surface area contributed by atoms with Crippen LogP contribution >= 0.6 is 15.9 Å². The van der Waals surface area contributed by atoms with E-state index in [1.807, 2.05) is 6.92 Å². The van der Waals surface area contributed by atoms with Gasteiger partial charge in [0.1, 0.15) is 0 Å². The molecule has 0 saturated carbocycles. The van der Waals surface area contributed by atoms with Gasteiger partial charge >= 0.3 is 0 Å². The van der Waals surface area contributed by atoms with Crippen LogP contribution in [0.15, 0.2) is 27.6 Å². The van der Waals surface area contributed by atoms with E-state index >= 15 is 0 Å². The average molecular weight is 421 g/mol. The lowest BCUT2D eigenvalue weighted by Crippen LogP contribution is -2.44. The van der Waals surface area contributed by atoms with Crippen molar-refractivity contribution < 1.29 is 22.7 Å². The van der Waals surface area contributed by atoms with E-state index in [9.17, 15) is 13.2 Å². The summed E-state index contributed by atoms with van der Waals surface area (Å²) in [5, 5.41) is 0. The molecular weight excluding hydrogens is 400 g/mol. The molecule has 7 nitrogen and oxygen atoms in total. The topological polar surface area (TPSA) is 84.9 Å². The second-order valence-electron chi connectivity index (χ2n) is 5.46. The van der Waals surface area contributed by atoms with Gasteiger partial charge in [0.25, 0.3) is 5.91 Å². The van der Waals surface area contributed by atoms with Crippen molar-refractivity contribution in [3.05, 3.63) is 28.2 Å². The second-order valence-corrected chi connectivity index (χ2v) is 8.09. The van der Waals surface area contributed by atoms with Crippen LogP contribution in [0.2, 0.25) is 0 Å². The lowest BCUT2D eigenvalue weighted by atomic mass is 10.2. The highest BCUT2D eigenvalue weighted by Gasteiger charge is 2.25. The van der Waals surface area contributed by atoms with Crippen LogP contribution < -0.4 is 4.72 Å². The first kappa shape index (κ1) is 19.3. The number of morpholine rings is 1. The lowest BCUT2D eigenvalue weighted by molar-refractivity contribution is -0.0124. The molecule has 1 amide bonds. The molecule has 1 fully saturated rings. The van der Waals surface area contributed by atoms with Crippen molar-refractivity contribution in [2.45, 2.75) is 17.9 Å². The third kappa shape index (κ3) is 4.76. The maximum absolute atomic E-state index is 12.7. The molecule has 1 atom stereocenters. The zero-order valence-electron chi connectivity index (χ0n) is 13.6. The van der Waals surface area contributed by atoms with Gasteiger partial charge in [0.15, 0.2) is 0 Å². The van der Waals surface area contributed by atoms with E-state index in [4.69, 9.17) is 9.47 Å². The van der Waals surface area contributed by atoms with Gasteiger partial charge < -0.3 is 14.4 Å². The Labute approximate surface area is 150 Å². The number of nitrogens with one attached hydrogen (secondary N) is 1. The molecule has 134 valence electrons. The number of methoxy groups -OCH3 is 1. The molecule has 1 aromatic carbocycles. The fourth-order valence-electron chi connectivity index (χ4n) is 2.37. The van der Waals surface area contributed by atoms with Crippen LogP contribution in [0.25, 0.3) is 0 Å². The number of carbonyl (C=O) groups is 1. The van der Waals surface area contributed by atoms with Crippen molar-refractivity contribution in [2.24, 2.45) is 0 Å². The molecule has 0 spiro atoms. The maximum Gasteiger partial charge on any atom is 0.255 e. The smallest absolute Gasteiger partial charge is 0.255 e. The first-order valence-electron chi connectivity index (χ1n) is 7.54. The predicted molar refractivity (Wildman–Crippen MR) is 92.5 cm³/mol. The largest absolute Gasteiger partial charge is 0.383 e. The number of sulfonamides is 1. The minimum atomic E-state index is -3.69. The zero-order valence-corrected chi connectivity index (χ0v) is 16.0. The number of amides is 1. The number of hydrogen-bond acceptors (Lipinski definition) is 5. The fourth-order valence-corrected chi connectivity index (χ4v) is 3.83. The number of halogens is 1. The standard InChI is InChI=1S/C15H21BrN2O5S/c1-11-10-18(6-8-23-11)15(19)13-9-12(3-4-14(13)16)24(20,21)17-5-7-22-2/h3-4,9,11,17H,5-8,10H2,1-2H3. The molecule has 1 aromatic rings. The molecular formula is C15H21BrN2O5S. The van der Waals surface area contributed by atoms with Crippen molar-refractivity contribution >= 4 is 31.9 Å². The first-order valence-corrected chi connectivity index (χ1v) is 9.82. The Morgan fingerprint density at radius 3 is 2.92 bits per heavy atom. The molecule has 1 aliphatic rings. The van der Waals surface area contributed by atoms with Crippen LogP contribution in [-0.2, 0) is 19.5 Å². The Bertz CT molecular complexity index is 695. The van der Waals surface area contributed by atoms with Gasteiger partial charge in [-0.05, 0) is 41.1 Å². The van der Waals surface area contributed by atoms with E-state index in [0.717, 1.165) is 0 Å². The molecule has 1 aliphatic heterocycles. The molecule has 2 rings (SSSR count). The molecule has 9 heteroatoms. The number of carbonyl (C=O) groups excluding carboxylic acids is 1. The fraction of sp³-hybridized carbons (Fsp3) is 0.533. The Morgan fingerprint density at radius 1 is 1.50 bits per heavy atom. The van der Waals surface area contributed by atoms with E-state index < -0.39 is 10.0 Å². The van der Waals surface area contributed by atoms with E-state index in [1.54, 1.807) is 11.0 Å². The van der Waals surface area contributed by atoms with Gasteiger partial charge in [-0.2, -0.15) is 0 Å². The van der Waals surface area contributed by atoms with E-state index in [2.05, 4.69) is 20.7 Å². The quantitative estimate of drug-likeness (QED) is 0.699. The average Bonchev–Trinajstić information content (AvgIpc) is 2.54. The monoisotopic (exact) mass is 420 g/mol. The van der Waals surface area contributed by atoms with Gasteiger partial charge in [-0.25, -0.2) is 13.1 Å². The second kappa shape index (κ2) is 8.39. The summed E-state index contributed by atoms with van der Waals surface area (Å²) >= 11 is 3.33. The molecule has 0 bridgehead atoms. The van der Waals surface area contributed by atoms with Crippen molar-refractivity contribution in [1.82, 2.24) is 9.62 Å². The molecule has 1 N–H and O–H groups in total. The van der Waals surface area contributed by atoms with Crippen molar-refractivity contribution in [3.8, 4) is 0 Å². The van der Waals surface area contributed by atoms with Crippen LogP contribution in [-0.4, -0.2) is 65.3 Å². The van der Waals surface area contributed by atoms with E-state index in [-0.39, 0.29) is 30.1 Å². The summed E-state index contributed by atoms with van der Waals surface area (Å²) in [7, 11) is -2.20. The third-order valence-electron chi connectivity index (χ3n) is 3.61. The van der Waals surface area contributed by atoms with Gasteiger partial charge in [-0.15, -0.1) is 0 Å². The molecule has 0 aliphatic carbocycles. The molecule has 24 heavy (non-hydrogen) atoms. The van der Waals surface area contributed by atoms with Crippen LogP contribution in [0.4, 0.5) is 0 Å². The molecule has 0 aromatic heterocycles. The third-order valence-corrected chi connectivity index (χ3v) is 5.76. The Morgan fingerprint density at radius 2 is 2.25 bits per heavy atom. The normalized spacial score (nSPS) is 18.6.